The van der Waals surface area contributed by atoms with Crippen LogP contribution in [0.3, 0.4) is 0 Å². The zero-order valence-corrected chi connectivity index (χ0v) is 5.42. The third-order valence-corrected chi connectivity index (χ3v) is 1.45. The summed E-state index contributed by atoms with van der Waals surface area (Å²) in [4.78, 5) is 0. The van der Waals surface area contributed by atoms with Crippen LogP contribution in [0.2, 0.25) is 0 Å². The van der Waals surface area contributed by atoms with Crippen LogP contribution in [-0.4, -0.2) is 23.9 Å². The maximum atomic E-state index is 9.15. The maximum Gasteiger partial charge on any atom is 0.107 e. The summed E-state index contributed by atoms with van der Waals surface area (Å²) in [6.45, 7) is 4.29. The van der Waals surface area contributed by atoms with Gasteiger partial charge < -0.3 is 9.84 Å². The average Bonchev–Trinajstić information content (AvgIpc) is 2.63. The van der Waals surface area contributed by atoms with Gasteiger partial charge in [0.15, 0.2) is 0 Å². The molecule has 1 aliphatic heterocycles. The van der Waals surface area contributed by atoms with Gasteiger partial charge in [-0.05, 0) is 12.8 Å². The predicted molar refractivity (Wildman–Crippen MR) is 35.2 cm³/mol. The van der Waals surface area contributed by atoms with Gasteiger partial charge in [-0.15, -0.1) is 6.58 Å². The van der Waals surface area contributed by atoms with E-state index < -0.39 is 0 Å². The van der Waals surface area contributed by atoms with Gasteiger partial charge in [-0.2, -0.15) is 0 Å². The molecule has 1 heterocycles. The molecule has 0 aromatic heterocycles. The normalized spacial score (nSPS) is 27.4. The van der Waals surface area contributed by atoms with E-state index in [4.69, 9.17) is 9.84 Å². The fourth-order valence-corrected chi connectivity index (χ4v) is 0.752. The minimum absolute atomic E-state index is 0.130. The van der Waals surface area contributed by atoms with E-state index in [0.29, 0.717) is 0 Å². The highest BCUT2D eigenvalue weighted by Crippen LogP contribution is 2.17. The molecule has 2 unspecified atom stereocenters. The molecule has 0 amide bonds. The summed E-state index contributed by atoms with van der Waals surface area (Å²) < 4.78 is 4.88. The van der Waals surface area contributed by atoms with E-state index in [1.165, 1.54) is 0 Å². The van der Waals surface area contributed by atoms with Crippen LogP contribution in [0, 0.1) is 0 Å². The van der Waals surface area contributed by atoms with E-state index in [9.17, 15) is 0 Å². The molecule has 1 N–H and O–H groups in total. The Hall–Kier alpha value is -0.340. The summed E-state index contributed by atoms with van der Waals surface area (Å²) in [5.74, 6) is 0. The van der Waals surface area contributed by atoms with Crippen LogP contribution < -0.4 is 0 Å². The molecule has 2 heteroatoms. The van der Waals surface area contributed by atoms with E-state index >= 15 is 0 Å². The first kappa shape index (κ1) is 6.78. The number of ether oxygens (including phenoxy) is 1. The standard InChI is InChI=1S/C7H12O2/c1-2-3-4-6(8)7-5-9-7/h2,6-8H,1,3-5H2. The monoisotopic (exact) mass is 128 g/mol. The number of aliphatic hydroxyl groups is 1. The zero-order chi connectivity index (χ0) is 6.69. The first-order chi connectivity index (χ1) is 4.34. The van der Waals surface area contributed by atoms with Crippen molar-refractivity contribution in [1.29, 1.82) is 0 Å². The van der Waals surface area contributed by atoms with Crippen molar-refractivity contribution in [3.05, 3.63) is 12.7 Å². The molecule has 0 aromatic rings. The quantitative estimate of drug-likeness (QED) is 0.447. The summed E-state index contributed by atoms with van der Waals surface area (Å²) in [6, 6.07) is 0. The van der Waals surface area contributed by atoms with Gasteiger partial charge in [-0.3, -0.25) is 0 Å². The van der Waals surface area contributed by atoms with Crippen LogP contribution in [0.4, 0.5) is 0 Å². The third kappa shape index (κ3) is 2.16. The number of hydrogen-bond donors (Lipinski definition) is 1. The van der Waals surface area contributed by atoms with Crippen molar-refractivity contribution in [2.75, 3.05) is 6.61 Å². The molecule has 2 atom stereocenters. The fourth-order valence-electron chi connectivity index (χ4n) is 0.752. The first-order valence-electron chi connectivity index (χ1n) is 3.25. The minimum atomic E-state index is -0.261. The second-order valence-electron chi connectivity index (χ2n) is 2.31. The summed E-state index contributed by atoms with van der Waals surface area (Å²) in [7, 11) is 0. The SMILES string of the molecule is C=CCCC(O)C1CO1. The number of hydrogen-bond acceptors (Lipinski definition) is 2. The third-order valence-electron chi connectivity index (χ3n) is 1.45. The van der Waals surface area contributed by atoms with Gasteiger partial charge in [-0.25, -0.2) is 0 Å². The number of aliphatic hydroxyl groups excluding tert-OH is 1. The maximum absolute atomic E-state index is 9.15. The average molecular weight is 128 g/mol. The number of rotatable bonds is 4. The molecule has 0 radical (unpaired) electrons. The molecule has 0 aliphatic carbocycles. The van der Waals surface area contributed by atoms with Crippen molar-refractivity contribution in [2.24, 2.45) is 0 Å². The molecule has 9 heavy (non-hydrogen) atoms. The van der Waals surface area contributed by atoms with Crippen molar-refractivity contribution in [1.82, 2.24) is 0 Å². The molecule has 2 nitrogen and oxygen atoms in total. The van der Waals surface area contributed by atoms with Gasteiger partial charge in [0.2, 0.25) is 0 Å². The van der Waals surface area contributed by atoms with E-state index in [1.807, 2.05) is 6.08 Å². The number of epoxide rings is 1. The Labute approximate surface area is 55.1 Å². The van der Waals surface area contributed by atoms with E-state index in [2.05, 4.69) is 6.58 Å². The van der Waals surface area contributed by atoms with E-state index in [-0.39, 0.29) is 12.2 Å². The smallest absolute Gasteiger partial charge is 0.107 e. The highest BCUT2D eigenvalue weighted by atomic mass is 16.6. The Morgan fingerprint density at radius 3 is 3.00 bits per heavy atom. The Morgan fingerprint density at radius 2 is 2.56 bits per heavy atom. The van der Waals surface area contributed by atoms with Gasteiger partial charge in [0.25, 0.3) is 0 Å². The largest absolute Gasteiger partial charge is 0.390 e. The lowest BCUT2D eigenvalue weighted by atomic mass is 10.1. The van der Waals surface area contributed by atoms with Gasteiger partial charge in [-0.1, -0.05) is 6.08 Å². The second-order valence-corrected chi connectivity index (χ2v) is 2.31. The summed E-state index contributed by atoms with van der Waals surface area (Å²) in [6.07, 6.45) is 3.34. The highest BCUT2D eigenvalue weighted by Gasteiger charge is 2.30. The zero-order valence-electron chi connectivity index (χ0n) is 5.42. The Bertz CT molecular complexity index is 97.1. The highest BCUT2D eigenvalue weighted by molar-refractivity contribution is 4.80. The van der Waals surface area contributed by atoms with Crippen molar-refractivity contribution < 1.29 is 9.84 Å². The fraction of sp³-hybridized carbons (Fsp3) is 0.714. The molecule has 0 aromatic carbocycles. The van der Waals surface area contributed by atoms with Crippen molar-refractivity contribution >= 4 is 0 Å². The van der Waals surface area contributed by atoms with Crippen LogP contribution >= 0.6 is 0 Å². The molecular formula is C7H12O2. The Kier molecular flexibility index (Phi) is 2.25. The van der Waals surface area contributed by atoms with E-state index in [0.717, 1.165) is 19.4 Å². The van der Waals surface area contributed by atoms with Gasteiger partial charge >= 0.3 is 0 Å². The minimum Gasteiger partial charge on any atom is -0.390 e. The van der Waals surface area contributed by atoms with Crippen molar-refractivity contribution in [2.45, 2.75) is 25.0 Å². The lowest BCUT2D eigenvalue weighted by Gasteiger charge is -2.02. The van der Waals surface area contributed by atoms with Gasteiger partial charge in [0.1, 0.15) is 6.10 Å². The van der Waals surface area contributed by atoms with Crippen LogP contribution in [0.5, 0.6) is 0 Å². The van der Waals surface area contributed by atoms with Crippen LogP contribution in [0.1, 0.15) is 12.8 Å². The van der Waals surface area contributed by atoms with Gasteiger partial charge in [0.05, 0.1) is 12.7 Å². The molecule has 52 valence electrons. The molecule has 1 saturated heterocycles. The molecule has 0 bridgehead atoms. The Morgan fingerprint density at radius 1 is 1.89 bits per heavy atom. The molecule has 1 rings (SSSR count). The molecule has 1 aliphatic rings. The molecule has 1 fully saturated rings. The molecule has 0 saturated carbocycles. The predicted octanol–water partition coefficient (Wildman–Crippen LogP) is 0.712. The molecule has 0 spiro atoms. The lowest BCUT2D eigenvalue weighted by Crippen LogP contribution is -2.13. The molecular weight excluding hydrogens is 116 g/mol. The van der Waals surface area contributed by atoms with Crippen LogP contribution in [0.15, 0.2) is 12.7 Å². The van der Waals surface area contributed by atoms with Crippen molar-refractivity contribution in [3.8, 4) is 0 Å². The summed E-state index contributed by atoms with van der Waals surface area (Å²) in [5.41, 5.74) is 0. The first-order valence-corrected chi connectivity index (χ1v) is 3.25. The van der Waals surface area contributed by atoms with Crippen LogP contribution in [-0.2, 0) is 4.74 Å². The van der Waals surface area contributed by atoms with E-state index in [1.54, 1.807) is 0 Å². The lowest BCUT2D eigenvalue weighted by molar-refractivity contribution is 0.127. The Balaban J connectivity index is 2.02. The second kappa shape index (κ2) is 2.99. The summed E-state index contributed by atoms with van der Waals surface area (Å²) >= 11 is 0. The topological polar surface area (TPSA) is 32.8 Å². The van der Waals surface area contributed by atoms with Crippen molar-refractivity contribution in [3.63, 3.8) is 0 Å². The van der Waals surface area contributed by atoms with Gasteiger partial charge in [0, 0.05) is 0 Å². The number of allylic oxidation sites excluding steroid dienone is 1. The summed E-state index contributed by atoms with van der Waals surface area (Å²) in [5, 5.41) is 9.15. The van der Waals surface area contributed by atoms with Crippen LogP contribution in [0.25, 0.3) is 0 Å².